The topological polar surface area (TPSA) is 72.5 Å². The summed E-state index contributed by atoms with van der Waals surface area (Å²) in [6.07, 6.45) is 3.25. The third-order valence-electron chi connectivity index (χ3n) is 2.63. The molecule has 1 aromatic rings. The highest BCUT2D eigenvalue weighted by Crippen LogP contribution is 2.11. The number of hydrogen-bond donors (Lipinski definition) is 1. The van der Waals surface area contributed by atoms with Crippen molar-refractivity contribution in [2.75, 3.05) is 7.11 Å². The lowest BCUT2D eigenvalue weighted by Gasteiger charge is -2.12. The minimum Gasteiger partial charge on any atom is -0.466 e. The Morgan fingerprint density at radius 2 is 1.95 bits per heavy atom. The van der Waals surface area contributed by atoms with Crippen molar-refractivity contribution >= 4 is 16.0 Å². The van der Waals surface area contributed by atoms with Crippen LogP contribution in [0.3, 0.4) is 0 Å². The van der Waals surface area contributed by atoms with Crippen molar-refractivity contribution in [3.63, 3.8) is 0 Å². The maximum atomic E-state index is 12.1. The van der Waals surface area contributed by atoms with Crippen LogP contribution in [0.4, 0.5) is 0 Å². The first-order chi connectivity index (χ1) is 9.35. The van der Waals surface area contributed by atoms with Gasteiger partial charge in [-0.05, 0) is 32.4 Å². The maximum Gasteiger partial charge on any atom is 0.330 e. The molecule has 0 unspecified atom stereocenters. The van der Waals surface area contributed by atoms with E-state index in [1.54, 1.807) is 37.3 Å². The molecular weight excluding hydrogens is 278 g/mol. The van der Waals surface area contributed by atoms with Crippen LogP contribution >= 0.6 is 0 Å². The molecule has 0 aliphatic rings. The number of methoxy groups -OCH3 is 1. The summed E-state index contributed by atoms with van der Waals surface area (Å²) < 4.78 is 31.2. The van der Waals surface area contributed by atoms with Crippen LogP contribution in [-0.4, -0.2) is 27.5 Å². The van der Waals surface area contributed by atoms with Gasteiger partial charge in [-0.3, -0.25) is 0 Å². The average Bonchev–Trinajstić information content (AvgIpc) is 2.38. The SMILES string of the molecule is COC(=O)/C=C/C[C@H](C)NS(=O)(=O)c1ccc(C)cc1. The molecule has 0 aromatic heterocycles. The molecule has 0 aliphatic heterocycles. The van der Waals surface area contributed by atoms with Crippen molar-refractivity contribution in [3.05, 3.63) is 42.0 Å². The summed E-state index contributed by atoms with van der Waals surface area (Å²) in [5.74, 6) is -0.460. The van der Waals surface area contributed by atoms with E-state index in [2.05, 4.69) is 9.46 Å². The van der Waals surface area contributed by atoms with Crippen LogP contribution in [0.15, 0.2) is 41.3 Å². The van der Waals surface area contributed by atoms with E-state index in [-0.39, 0.29) is 10.9 Å². The molecule has 0 saturated carbocycles. The van der Waals surface area contributed by atoms with E-state index in [9.17, 15) is 13.2 Å². The fraction of sp³-hybridized carbons (Fsp3) is 0.357. The Bertz CT molecular complexity index is 576. The lowest BCUT2D eigenvalue weighted by atomic mass is 10.2. The first kappa shape index (κ1) is 16.4. The van der Waals surface area contributed by atoms with Gasteiger partial charge in [0, 0.05) is 12.1 Å². The first-order valence-electron chi connectivity index (χ1n) is 6.18. The number of carbonyl (C=O) groups is 1. The van der Waals surface area contributed by atoms with Crippen molar-refractivity contribution < 1.29 is 17.9 Å². The highest BCUT2D eigenvalue weighted by atomic mass is 32.2. The molecule has 0 spiro atoms. The summed E-state index contributed by atoms with van der Waals surface area (Å²) in [7, 11) is -2.24. The van der Waals surface area contributed by atoms with Gasteiger partial charge in [0.15, 0.2) is 0 Å². The molecular formula is C14H19NO4S. The monoisotopic (exact) mass is 297 g/mol. The second kappa shape index (κ2) is 7.21. The Hall–Kier alpha value is -1.66. The van der Waals surface area contributed by atoms with E-state index in [1.807, 2.05) is 6.92 Å². The Kier molecular flexibility index (Phi) is 5.91. The Balaban J connectivity index is 2.64. The highest BCUT2D eigenvalue weighted by Gasteiger charge is 2.16. The number of rotatable bonds is 6. The van der Waals surface area contributed by atoms with Crippen LogP contribution in [0.5, 0.6) is 0 Å². The van der Waals surface area contributed by atoms with Gasteiger partial charge in [-0.2, -0.15) is 0 Å². The highest BCUT2D eigenvalue weighted by molar-refractivity contribution is 7.89. The second-order valence-corrected chi connectivity index (χ2v) is 6.21. The molecule has 1 atom stereocenters. The van der Waals surface area contributed by atoms with Crippen LogP contribution in [0.2, 0.25) is 0 Å². The molecule has 1 N–H and O–H groups in total. The Labute approximate surface area is 119 Å². The first-order valence-corrected chi connectivity index (χ1v) is 7.67. The van der Waals surface area contributed by atoms with E-state index >= 15 is 0 Å². The predicted molar refractivity (Wildman–Crippen MR) is 76.7 cm³/mol. The zero-order valence-corrected chi connectivity index (χ0v) is 12.6. The molecule has 0 heterocycles. The quantitative estimate of drug-likeness (QED) is 0.641. The van der Waals surface area contributed by atoms with E-state index in [0.29, 0.717) is 6.42 Å². The number of aryl methyl sites for hydroxylation is 1. The van der Waals surface area contributed by atoms with Gasteiger partial charge in [-0.1, -0.05) is 23.8 Å². The maximum absolute atomic E-state index is 12.1. The zero-order valence-electron chi connectivity index (χ0n) is 11.8. The van der Waals surface area contributed by atoms with Gasteiger partial charge in [0.05, 0.1) is 12.0 Å². The fourth-order valence-corrected chi connectivity index (χ4v) is 2.79. The number of esters is 1. The molecule has 5 nitrogen and oxygen atoms in total. The second-order valence-electron chi connectivity index (χ2n) is 4.50. The molecule has 110 valence electrons. The van der Waals surface area contributed by atoms with Crippen LogP contribution < -0.4 is 4.72 Å². The number of benzene rings is 1. The van der Waals surface area contributed by atoms with Crippen molar-refractivity contribution in [3.8, 4) is 0 Å². The van der Waals surface area contributed by atoms with Gasteiger partial charge < -0.3 is 4.74 Å². The minimum absolute atomic E-state index is 0.229. The van der Waals surface area contributed by atoms with Gasteiger partial charge in [0.1, 0.15) is 0 Å². The molecule has 20 heavy (non-hydrogen) atoms. The van der Waals surface area contributed by atoms with E-state index in [1.165, 1.54) is 13.2 Å². The largest absolute Gasteiger partial charge is 0.466 e. The van der Waals surface area contributed by atoms with Crippen LogP contribution in [-0.2, 0) is 19.6 Å². The summed E-state index contributed by atoms with van der Waals surface area (Å²) in [6.45, 7) is 3.62. The van der Waals surface area contributed by atoms with Crippen LogP contribution in [0, 0.1) is 6.92 Å². The van der Waals surface area contributed by atoms with Gasteiger partial charge in [-0.15, -0.1) is 0 Å². The smallest absolute Gasteiger partial charge is 0.330 e. The number of sulfonamides is 1. The van der Waals surface area contributed by atoms with Gasteiger partial charge in [-0.25, -0.2) is 17.9 Å². The van der Waals surface area contributed by atoms with Crippen LogP contribution in [0.1, 0.15) is 18.9 Å². The Morgan fingerprint density at radius 1 is 1.35 bits per heavy atom. The lowest BCUT2D eigenvalue weighted by Crippen LogP contribution is -2.32. The van der Waals surface area contributed by atoms with Crippen LogP contribution in [0.25, 0.3) is 0 Å². The molecule has 0 fully saturated rings. The standard InChI is InChI=1S/C14H19NO4S/c1-11-7-9-13(10-8-11)20(17,18)15-12(2)5-4-6-14(16)19-3/h4,6-10,12,15H,5H2,1-3H3/b6-4+/t12-/m0/s1. The zero-order chi connectivity index (χ0) is 15.2. The predicted octanol–water partition coefficient (Wildman–Crippen LogP) is 1.78. The molecule has 1 aromatic carbocycles. The molecule has 0 saturated heterocycles. The number of nitrogens with one attached hydrogen (secondary N) is 1. The molecule has 0 bridgehead atoms. The fourth-order valence-electron chi connectivity index (χ4n) is 1.53. The van der Waals surface area contributed by atoms with Crippen molar-refractivity contribution in [2.45, 2.75) is 31.2 Å². The molecule has 0 amide bonds. The summed E-state index contributed by atoms with van der Waals surface area (Å²) in [5.41, 5.74) is 0.998. The van der Waals surface area contributed by atoms with E-state index in [0.717, 1.165) is 5.56 Å². The van der Waals surface area contributed by atoms with E-state index in [4.69, 9.17) is 0 Å². The van der Waals surface area contributed by atoms with Gasteiger partial charge in [0.25, 0.3) is 0 Å². The van der Waals surface area contributed by atoms with Gasteiger partial charge in [0.2, 0.25) is 10.0 Å². The molecule has 0 radical (unpaired) electrons. The van der Waals surface area contributed by atoms with Crippen molar-refractivity contribution in [2.24, 2.45) is 0 Å². The summed E-state index contributed by atoms with van der Waals surface area (Å²) in [4.78, 5) is 11.1. The third-order valence-corrected chi connectivity index (χ3v) is 4.24. The van der Waals surface area contributed by atoms with E-state index < -0.39 is 16.0 Å². The normalized spacial score (nSPS) is 13.3. The lowest BCUT2D eigenvalue weighted by molar-refractivity contribution is -0.134. The average molecular weight is 297 g/mol. The van der Waals surface area contributed by atoms with Gasteiger partial charge >= 0.3 is 5.97 Å². The molecule has 1 rings (SSSR count). The third kappa shape index (κ3) is 5.14. The summed E-state index contributed by atoms with van der Waals surface area (Å²) in [6, 6.07) is 6.30. The number of carbonyl (C=O) groups excluding carboxylic acids is 1. The molecule has 6 heteroatoms. The summed E-state index contributed by atoms with van der Waals surface area (Å²) >= 11 is 0. The summed E-state index contributed by atoms with van der Waals surface area (Å²) in [5, 5.41) is 0. The number of ether oxygens (including phenoxy) is 1. The Morgan fingerprint density at radius 3 is 2.50 bits per heavy atom. The number of hydrogen-bond acceptors (Lipinski definition) is 4. The minimum atomic E-state index is -3.53. The molecule has 0 aliphatic carbocycles. The van der Waals surface area contributed by atoms with Crippen molar-refractivity contribution in [1.82, 2.24) is 4.72 Å². The van der Waals surface area contributed by atoms with Crippen molar-refractivity contribution in [1.29, 1.82) is 0 Å².